The molecule has 0 amide bonds. The Hall–Kier alpha value is -1.66. The van der Waals surface area contributed by atoms with Crippen LogP contribution in [0.25, 0.3) is 11.0 Å². The molecule has 0 unspecified atom stereocenters. The molecule has 19 heavy (non-hydrogen) atoms. The van der Waals surface area contributed by atoms with E-state index in [-0.39, 0.29) is 6.54 Å². The number of hydrogen-bond acceptors (Lipinski definition) is 4. The molecule has 0 spiro atoms. The van der Waals surface area contributed by atoms with E-state index in [4.69, 9.17) is 9.52 Å². The summed E-state index contributed by atoms with van der Waals surface area (Å²) in [7, 11) is 1.69. The summed E-state index contributed by atoms with van der Waals surface area (Å²) >= 11 is 3.31. The third-order valence-electron chi connectivity index (χ3n) is 2.64. The second kappa shape index (κ2) is 5.54. The standard InChI is InChI=1S/C13H12BrNO4/c1-15(7-12(16)17)6-8-4-13(18)19-11-5-9(14)2-3-10(8)11/h2-5H,6-7H2,1H3,(H,16,17). The number of carboxylic acids is 1. The van der Waals surface area contributed by atoms with Crippen LogP contribution in [0.1, 0.15) is 5.56 Å². The first-order valence-corrected chi connectivity index (χ1v) is 6.37. The molecule has 1 N–H and O–H groups in total. The summed E-state index contributed by atoms with van der Waals surface area (Å²) < 4.78 is 5.94. The predicted octanol–water partition coefficient (Wildman–Crippen LogP) is 2.07. The smallest absolute Gasteiger partial charge is 0.336 e. The number of likely N-dealkylation sites (N-methyl/N-ethyl adjacent to an activating group) is 1. The topological polar surface area (TPSA) is 70.8 Å². The fourth-order valence-electron chi connectivity index (χ4n) is 1.91. The van der Waals surface area contributed by atoms with Crippen LogP contribution in [0, 0.1) is 0 Å². The number of halogens is 1. The van der Waals surface area contributed by atoms with Gasteiger partial charge in [-0.2, -0.15) is 0 Å². The van der Waals surface area contributed by atoms with Crippen molar-refractivity contribution in [2.24, 2.45) is 0 Å². The summed E-state index contributed by atoms with van der Waals surface area (Å²) in [5.41, 5.74) is 0.799. The van der Waals surface area contributed by atoms with Crippen molar-refractivity contribution in [3.63, 3.8) is 0 Å². The van der Waals surface area contributed by atoms with Gasteiger partial charge < -0.3 is 9.52 Å². The van der Waals surface area contributed by atoms with Gasteiger partial charge in [0.05, 0.1) is 6.54 Å². The zero-order chi connectivity index (χ0) is 14.0. The minimum atomic E-state index is -0.905. The first kappa shape index (κ1) is 13.8. The number of aliphatic carboxylic acids is 1. The van der Waals surface area contributed by atoms with Crippen molar-refractivity contribution in [3.8, 4) is 0 Å². The molecule has 6 heteroatoms. The second-order valence-electron chi connectivity index (χ2n) is 4.30. The first-order valence-electron chi connectivity index (χ1n) is 5.58. The molecule has 2 aromatic rings. The van der Waals surface area contributed by atoms with Crippen molar-refractivity contribution < 1.29 is 14.3 Å². The maximum atomic E-state index is 11.5. The second-order valence-corrected chi connectivity index (χ2v) is 5.21. The highest BCUT2D eigenvalue weighted by Gasteiger charge is 2.10. The Morgan fingerprint density at radius 2 is 2.16 bits per heavy atom. The lowest BCUT2D eigenvalue weighted by atomic mass is 10.1. The maximum Gasteiger partial charge on any atom is 0.336 e. The molecule has 0 atom stereocenters. The van der Waals surface area contributed by atoms with Crippen LogP contribution >= 0.6 is 15.9 Å². The molecule has 0 aliphatic rings. The van der Waals surface area contributed by atoms with Crippen LogP contribution in [-0.4, -0.2) is 29.6 Å². The van der Waals surface area contributed by atoms with Crippen molar-refractivity contribution in [2.45, 2.75) is 6.54 Å². The molecule has 0 aliphatic heterocycles. The van der Waals surface area contributed by atoms with Crippen molar-refractivity contribution >= 4 is 32.9 Å². The van der Waals surface area contributed by atoms with E-state index in [9.17, 15) is 9.59 Å². The maximum absolute atomic E-state index is 11.5. The summed E-state index contributed by atoms with van der Waals surface area (Å²) in [6.07, 6.45) is 0. The average Bonchev–Trinajstić information content (AvgIpc) is 2.26. The van der Waals surface area contributed by atoms with Gasteiger partial charge >= 0.3 is 11.6 Å². The van der Waals surface area contributed by atoms with Crippen molar-refractivity contribution in [2.75, 3.05) is 13.6 Å². The summed E-state index contributed by atoms with van der Waals surface area (Å²) in [6, 6.07) is 6.81. The van der Waals surface area contributed by atoms with Gasteiger partial charge in [0.2, 0.25) is 0 Å². The van der Waals surface area contributed by atoms with Gasteiger partial charge in [-0.3, -0.25) is 9.69 Å². The van der Waals surface area contributed by atoms with Crippen LogP contribution in [0.15, 0.2) is 37.9 Å². The van der Waals surface area contributed by atoms with Crippen molar-refractivity contribution in [3.05, 3.63) is 44.7 Å². The number of rotatable bonds is 4. The molecule has 100 valence electrons. The first-order chi connectivity index (χ1) is 8.95. The van der Waals surface area contributed by atoms with E-state index < -0.39 is 11.6 Å². The van der Waals surface area contributed by atoms with Crippen LogP contribution in [0.5, 0.6) is 0 Å². The third kappa shape index (κ3) is 3.42. The zero-order valence-corrected chi connectivity index (χ0v) is 11.8. The van der Waals surface area contributed by atoms with Crippen LogP contribution in [0.3, 0.4) is 0 Å². The number of benzene rings is 1. The van der Waals surface area contributed by atoms with Gasteiger partial charge in [-0.15, -0.1) is 0 Å². The molecular formula is C13H12BrNO4. The lowest BCUT2D eigenvalue weighted by molar-refractivity contribution is -0.138. The van der Waals surface area contributed by atoms with Gasteiger partial charge in [-0.05, 0) is 30.8 Å². The SMILES string of the molecule is CN(CC(=O)O)Cc1cc(=O)oc2cc(Br)ccc12. The van der Waals surface area contributed by atoms with E-state index >= 15 is 0 Å². The molecule has 2 rings (SSSR count). The van der Waals surface area contributed by atoms with E-state index in [1.165, 1.54) is 6.07 Å². The van der Waals surface area contributed by atoms with E-state index in [1.54, 1.807) is 18.0 Å². The van der Waals surface area contributed by atoms with Gasteiger partial charge in [-0.1, -0.05) is 15.9 Å². The summed E-state index contributed by atoms with van der Waals surface area (Å²) in [5, 5.41) is 9.54. The van der Waals surface area contributed by atoms with Crippen LogP contribution in [-0.2, 0) is 11.3 Å². The summed E-state index contributed by atoms with van der Waals surface area (Å²) in [6.45, 7) is 0.286. The van der Waals surface area contributed by atoms with E-state index in [2.05, 4.69) is 15.9 Å². The highest BCUT2D eigenvalue weighted by Crippen LogP contribution is 2.22. The quantitative estimate of drug-likeness (QED) is 0.871. The molecule has 1 aromatic carbocycles. The Kier molecular flexibility index (Phi) is 4.01. The average molecular weight is 326 g/mol. The van der Waals surface area contributed by atoms with Crippen LogP contribution < -0.4 is 5.63 Å². The number of fused-ring (bicyclic) bond motifs is 1. The Morgan fingerprint density at radius 3 is 2.84 bits per heavy atom. The lowest BCUT2D eigenvalue weighted by Crippen LogP contribution is -2.25. The summed E-state index contributed by atoms with van der Waals surface area (Å²) in [5.74, 6) is -0.905. The fraction of sp³-hybridized carbons (Fsp3) is 0.231. The molecule has 5 nitrogen and oxygen atoms in total. The third-order valence-corrected chi connectivity index (χ3v) is 3.13. The Labute approximate surface area is 117 Å². The number of nitrogens with zero attached hydrogens (tertiary/aromatic N) is 1. The van der Waals surface area contributed by atoms with Crippen LogP contribution in [0.2, 0.25) is 0 Å². The molecule has 1 aromatic heterocycles. The normalized spacial score (nSPS) is 11.1. The molecule has 0 saturated carbocycles. The summed E-state index contributed by atoms with van der Waals surface area (Å²) in [4.78, 5) is 23.8. The highest BCUT2D eigenvalue weighted by atomic mass is 79.9. The van der Waals surface area contributed by atoms with Crippen molar-refractivity contribution in [1.29, 1.82) is 0 Å². The molecule has 0 aliphatic carbocycles. The van der Waals surface area contributed by atoms with Gasteiger partial charge in [0.25, 0.3) is 0 Å². The van der Waals surface area contributed by atoms with Gasteiger partial charge in [0, 0.05) is 22.5 Å². The Balaban J connectivity index is 2.42. The molecule has 0 bridgehead atoms. The van der Waals surface area contributed by atoms with Gasteiger partial charge in [0.1, 0.15) is 5.58 Å². The van der Waals surface area contributed by atoms with Crippen molar-refractivity contribution in [1.82, 2.24) is 4.90 Å². The van der Waals surface area contributed by atoms with Crippen LogP contribution in [0.4, 0.5) is 0 Å². The monoisotopic (exact) mass is 325 g/mol. The van der Waals surface area contributed by atoms with Gasteiger partial charge in [0.15, 0.2) is 0 Å². The number of carbonyl (C=O) groups is 1. The highest BCUT2D eigenvalue weighted by molar-refractivity contribution is 9.10. The zero-order valence-electron chi connectivity index (χ0n) is 10.2. The fourth-order valence-corrected chi connectivity index (χ4v) is 2.25. The molecular weight excluding hydrogens is 314 g/mol. The molecule has 0 fully saturated rings. The Morgan fingerprint density at radius 1 is 1.42 bits per heavy atom. The molecule has 1 heterocycles. The predicted molar refractivity (Wildman–Crippen MR) is 74.2 cm³/mol. The van der Waals surface area contributed by atoms with E-state index in [0.717, 1.165) is 15.4 Å². The van der Waals surface area contributed by atoms with Gasteiger partial charge in [-0.25, -0.2) is 4.79 Å². The Bertz CT molecular complexity index is 680. The van der Waals surface area contributed by atoms with E-state index in [1.807, 2.05) is 12.1 Å². The molecule has 0 saturated heterocycles. The lowest BCUT2D eigenvalue weighted by Gasteiger charge is -2.14. The minimum absolute atomic E-state index is 0.0851. The molecule has 0 radical (unpaired) electrons. The minimum Gasteiger partial charge on any atom is -0.480 e. The largest absolute Gasteiger partial charge is 0.480 e. The number of carboxylic acid groups (broad SMARTS) is 1. The number of hydrogen-bond donors (Lipinski definition) is 1. The van der Waals surface area contributed by atoms with E-state index in [0.29, 0.717) is 12.1 Å².